The predicted molar refractivity (Wildman–Crippen MR) is 86.7 cm³/mol. The Balaban J connectivity index is 2.29. The average molecular weight is 286 g/mol. The molecule has 20 heavy (non-hydrogen) atoms. The lowest BCUT2D eigenvalue weighted by molar-refractivity contribution is 0.287. The Hall–Kier alpha value is -1.74. The summed E-state index contributed by atoms with van der Waals surface area (Å²) in [4.78, 5) is 0. The van der Waals surface area contributed by atoms with Crippen LogP contribution < -0.4 is 14.7 Å². The minimum Gasteiger partial charge on any atom is -0.493 e. The quantitative estimate of drug-likeness (QED) is 0.778. The maximum atomic E-state index is 6.08. The highest BCUT2D eigenvalue weighted by Crippen LogP contribution is 2.27. The molecule has 2 nitrogen and oxygen atoms in total. The van der Waals surface area contributed by atoms with Crippen LogP contribution in [0.25, 0.3) is 0 Å². The van der Waals surface area contributed by atoms with Crippen molar-refractivity contribution in [2.45, 2.75) is 26.2 Å². The molecule has 0 saturated carbocycles. The van der Waals surface area contributed by atoms with Gasteiger partial charge in [-0.3, -0.25) is 0 Å². The molecule has 0 unspecified atom stereocenters. The zero-order valence-electron chi connectivity index (χ0n) is 12.6. The highest BCUT2D eigenvalue weighted by atomic mass is 28.3. The summed E-state index contributed by atoms with van der Waals surface area (Å²) >= 11 is 0. The molecule has 0 bridgehead atoms. The first-order valence-electron chi connectivity index (χ1n) is 6.86. The molecule has 2 rings (SSSR count). The number of hydrogen-bond donors (Lipinski definition) is 0. The van der Waals surface area contributed by atoms with Gasteiger partial charge in [0.15, 0.2) is 11.5 Å². The molecule has 106 valence electrons. The van der Waals surface area contributed by atoms with Crippen molar-refractivity contribution in [3.05, 3.63) is 54.1 Å². The molecule has 0 atom stereocenters. The average Bonchev–Trinajstić information content (AvgIpc) is 2.44. The molecule has 0 aliphatic carbocycles. The molecule has 0 aliphatic rings. The lowest BCUT2D eigenvalue weighted by Crippen LogP contribution is -2.38. The first-order chi connectivity index (χ1) is 9.52. The number of para-hydroxylation sites is 1. The Morgan fingerprint density at radius 2 is 1.60 bits per heavy atom. The van der Waals surface area contributed by atoms with Gasteiger partial charge in [0.1, 0.15) is 6.61 Å². The van der Waals surface area contributed by atoms with Crippen LogP contribution >= 0.6 is 0 Å². The fraction of sp³-hybridized carbons (Fsp3) is 0.294. The van der Waals surface area contributed by atoms with E-state index < -0.39 is 8.07 Å². The van der Waals surface area contributed by atoms with Crippen LogP contribution in [0.3, 0.4) is 0 Å². The van der Waals surface area contributed by atoms with Gasteiger partial charge in [-0.1, -0.05) is 62.1 Å². The minimum absolute atomic E-state index is 0.568. The fourth-order valence-electron chi connectivity index (χ4n) is 2.15. The molecular formula is C17H22O2Si. The molecule has 0 aliphatic heterocycles. The van der Waals surface area contributed by atoms with Crippen LogP contribution in [0, 0.1) is 0 Å². The van der Waals surface area contributed by atoms with Crippen LogP contribution in [0.2, 0.25) is 19.6 Å². The van der Waals surface area contributed by atoms with E-state index in [0.717, 1.165) is 11.5 Å². The van der Waals surface area contributed by atoms with E-state index in [-0.39, 0.29) is 0 Å². The van der Waals surface area contributed by atoms with Crippen molar-refractivity contribution in [3.8, 4) is 11.5 Å². The predicted octanol–water partition coefficient (Wildman–Crippen LogP) is 3.82. The third-order valence-electron chi connectivity index (χ3n) is 3.23. The van der Waals surface area contributed by atoms with Crippen LogP contribution in [0.1, 0.15) is 5.56 Å². The molecule has 0 amide bonds. The van der Waals surface area contributed by atoms with Gasteiger partial charge in [0, 0.05) is 0 Å². The maximum Gasteiger partial charge on any atom is 0.160 e. The second-order valence-corrected chi connectivity index (χ2v) is 10.9. The first kappa shape index (κ1) is 14.7. The van der Waals surface area contributed by atoms with Gasteiger partial charge in [-0.15, -0.1) is 0 Å². The molecule has 0 aromatic heterocycles. The summed E-state index contributed by atoms with van der Waals surface area (Å²) in [5.74, 6) is 1.72. The Bertz CT molecular complexity index is 559. The number of hydrogen-bond acceptors (Lipinski definition) is 2. The number of ether oxygens (including phenoxy) is 2. The molecule has 0 spiro atoms. The van der Waals surface area contributed by atoms with E-state index in [1.54, 1.807) is 7.11 Å². The molecule has 2 aromatic carbocycles. The van der Waals surface area contributed by atoms with Gasteiger partial charge < -0.3 is 9.47 Å². The van der Waals surface area contributed by atoms with Crippen molar-refractivity contribution >= 4 is 13.3 Å². The maximum absolute atomic E-state index is 6.08. The smallest absolute Gasteiger partial charge is 0.160 e. The number of methoxy groups -OCH3 is 1. The molecule has 0 saturated heterocycles. The topological polar surface area (TPSA) is 18.5 Å². The molecule has 0 fully saturated rings. The second-order valence-electron chi connectivity index (χ2n) is 5.86. The fourth-order valence-corrected chi connectivity index (χ4v) is 3.62. The third kappa shape index (κ3) is 3.42. The van der Waals surface area contributed by atoms with Gasteiger partial charge in [0.2, 0.25) is 0 Å². The van der Waals surface area contributed by atoms with E-state index in [9.17, 15) is 0 Å². The Morgan fingerprint density at radius 1 is 0.900 bits per heavy atom. The van der Waals surface area contributed by atoms with E-state index in [1.165, 1.54) is 10.8 Å². The lowest BCUT2D eigenvalue weighted by atomic mass is 10.2. The van der Waals surface area contributed by atoms with Crippen molar-refractivity contribution in [2.24, 2.45) is 0 Å². The number of rotatable bonds is 5. The van der Waals surface area contributed by atoms with Gasteiger partial charge in [-0.05, 0) is 16.8 Å². The van der Waals surface area contributed by atoms with Gasteiger partial charge in [0.05, 0.1) is 15.2 Å². The monoisotopic (exact) mass is 286 g/mol. The van der Waals surface area contributed by atoms with Crippen LogP contribution in [0.5, 0.6) is 11.5 Å². The van der Waals surface area contributed by atoms with Crippen molar-refractivity contribution in [1.82, 2.24) is 0 Å². The van der Waals surface area contributed by atoms with Crippen LogP contribution in [-0.4, -0.2) is 15.2 Å². The van der Waals surface area contributed by atoms with Crippen LogP contribution in [0.4, 0.5) is 0 Å². The summed E-state index contributed by atoms with van der Waals surface area (Å²) in [7, 11) is 0.224. The van der Waals surface area contributed by atoms with Gasteiger partial charge in [0.25, 0.3) is 0 Å². The SMILES string of the molecule is COc1cccc([Si](C)(C)C)c1OCc1ccccc1. The molecule has 2 aromatic rings. The summed E-state index contributed by atoms with van der Waals surface area (Å²) in [6.45, 7) is 7.52. The zero-order valence-corrected chi connectivity index (χ0v) is 13.6. The van der Waals surface area contributed by atoms with E-state index in [0.29, 0.717) is 6.61 Å². The van der Waals surface area contributed by atoms with Crippen molar-refractivity contribution in [2.75, 3.05) is 7.11 Å². The normalized spacial score (nSPS) is 11.2. The zero-order chi connectivity index (χ0) is 14.6. The van der Waals surface area contributed by atoms with Crippen LogP contribution in [0.15, 0.2) is 48.5 Å². The highest BCUT2D eigenvalue weighted by molar-refractivity contribution is 6.89. The summed E-state index contributed by atoms with van der Waals surface area (Å²) in [5.41, 5.74) is 1.17. The Morgan fingerprint density at radius 3 is 2.20 bits per heavy atom. The standard InChI is InChI=1S/C17H22O2Si/c1-18-15-11-8-12-16(20(2,3)4)17(15)19-13-14-9-6-5-7-10-14/h5-12H,13H2,1-4H3. The molecule has 0 radical (unpaired) electrons. The highest BCUT2D eigenvalue weighted by Gasteiger charge is 2.23. The molecule has 0 N–H and O–H groups in total. The second kappa shape index (κ2) is 6.14. The summed E-state index contributed by atoms with van der Waals surface area (Å²) in [5, 5.41) is 1.30. The van der Waals surface area contributed by atoms with Crippen molar-refractivity contribution in [1.29, 1.82) is 0 Å². The van der Waals surface area contributed by atoms with Crippen molar-refractivity contribution < 1.29 is 9.47 Å². The minimum atomic E-state index is -1.47. The van der Waals surface area contributed by atoms with Crippen LogP contribution in [-0.2, 0) is 6.61 Å². The van der Waals surface area contributed by atoms with Gasteiger partial charge >= 0.3 is 0 Å². The largest absolute Gasteiger partial charge is 0.493 e. The lowest BCUT2D eigenvalue weighted by Gasteiger charge is -2.22. The molecular weight excluding hydrogens is 264 g/mol. The molecule has 0 heterocycles. The van der Waals surface area contributed by atoms with E-state index in [1.807, 2.05) is 30.3 Å². The molecule has 3 heteroatoms. The summed E-state index contributed by atoms with van der Waals surface area (Å²) < 4.78 is 11.5. The summed E-state index contributed by atoms with van der Waals surface area (Å²) in [6.07, 6.45) is 0. The third-order valence-corrected chi connectivity index (χ3v) is 5.24. The Labute approximate surface area is 122 Å². The number of benzene rings is 2. The van der Waals surface area contributed by atoms with E-state index in [2.05, 4.69) is 37.8 Å². The Kier molecular flexibility index (Phi) is 4.50. The summed E-state index contributed by atoms with van der Waals surface area (Å²) in [6, 6.07) is 16.4. The van der Waals surface area contributed by atoms with Gasteiger partial charge in [-0.25, -0.2) is 0 Å². The van der Waals surface area contributed by atoms with E-state index in [4.69, 9.17) is 9.47 Å². The van der Waals surface area contributed by atoms with Gasteiger partial charge in [-0.2, -0.15) is 0 Å². The van der Waals surface area contributed by atoms with E-state index >= 15 is 0 Å². The first-order valence-corrected chi connectivity index (χ1v) is 10.4. The van der Waals surface area contributed by atoms with Crippen molar-refractivity contribution in [3.63, 3.8) is 0 Å².